The van der Waals surface area contributed by atoms with Crippen LogP contribution in [0.3, 0.4) is 0 Å². The predicted molar refractivity (Wildman–Crippen MR) is 95.9 cm³/mol. The Bertz CT molecular complexity index is 1100. The largest absolute Gasteiger partial charge is 0.506 e. The van der Waals surface area contributed by atoms with Gasteiger partial charge in [-0.15, -0.1) is 0 Å². The monoisotopic (exact) mass is 401 g/mol. The first-order valence-electron chi connectivity index (χ1n) is 8.57. The van der Waals surface area contributed by atoms with Crippen LogP contribution in [-0.2, 0) is 29.1 Å². The van der Waals surface area contributed by atoms with Crippen molar-refractivity contribution in [3.63, 3.8) is 0 Å². The molecular formula is C19H16FN3O6. The van der Waals surface area contributed by atoms with E-state index >= 15 is 0 Å². The maximum Gasteiger partial charge on any atom is 0.322 e. The average Bonchev–Trinajstić information content (AvgIpc) is 2.70. The van der Waals surface area contributed by atoms with E-state index < -0.39 is 41.1 Å². The van der Waals surface area contributed by atoms with Crippen LogP contribution >= 0.6 is 0 Å². The Morgan fingerprint density at radius 3 is 2.79 bits per heavy atom. The van der Waals surface area contributed by atoms with E-state index in [-0.39, 0.29) is 42.9 Å². The predicted octanol–water partition coefficient (Wildman–Crippen LogP) is 0.500. The van der Waals surface area contributed by atoms with E-state index in [2.05, 4.69) is 0 Å². The van der Waals surface area contributed by atoms with Crippen LogP contribution in [0.5, 0.6) is 5.75 Å². The molecule has 2 heterocycles. The number of ether oxygens (including phenoxy) is 1. The molecule has 0 saturated heterocycles. The number of nitrogens with one attached hydrogen (secondary N) is 1. The van der Waals surface area contributed by atoms with Gasteiger partial charge in [0.2, 0.25) is 0 Å². The van der Waals surface area contributed by atoms with Crippen molar-refractivity contribution < 1.29 is 28.9 Å². The highest BCUT2D eigenvalue weighted by Gasteiger charge is 2.28. The highest BCUT2D eigenvalue weighted by Crippen LogP contribution is 2.28. The van der Waals surface area contributed by atoms with Gasteiger partial charge in [0.1, 0.15) is 23.7 Å². The van der Waals surface area contributed by atoms with Gasteiger partial charge in [-0.05, 0) is 12.1 Å². The van der Waals surface area contributed by atoms with Gasteiger partial charge in [-0.25, -0.2) is 4.39 Å². The lowest BCUT2D eigenvalue weighted by Gasteiger charge is -2.24. The molecule has 2 aromatic rings. The van der Waals surface area contributed by atoms with Crippen molar-refractivity contribution in [1.82, 2.24) is 9.88 Å². The number of carboxylic acids is 1. The number of hydrogen-bond acceptors (Lipinski definition) is 6. The number of aromatic hydroxyl groups is 1. The van der Waals surface area contributed by atoms with Gasteiger partial charge in [0.15, 0.2) is 0 Å². The third-order valence-corrected chi connectivity index (χ3v) is 4.52. The molecule has 1 aromatic heterocycles. The zero-order valence-electron chi connectivity index (χ0n) is 15.1. The summed E-state index contributed by atoms with van der Waals surface area (Å²) in [6, 6.07) is 5.62. The third-order valence-electron chi connectivity index (χ3n) is 4.52. The maximum atomic E-state index is 14.3. The van der Waals surface area contributed by atoms with Crippen molar-refractivity contribution in [2.75, 3.05) is 13.2 Å². The number of hydrogen-bond donors (Lipinski definition) is 3. The van der Waals surface area contributed by atoms with Crippen molar-refractivity contribution in [3.05, 3.63) is 62.3 Å². The number of carbonyl (C=O) groups is 2. The Morgan fingerprint density at radius 1 is 1.38 bits per heavy atom. The van der Waals surface area contributed by atoms with Gasteiger partial charge in [-0.2, -0.15) is 5.26 Å². The lowest BCUT2D eigenvalue weighted by atomic mass is 10.0. The fourth-order valence-corrected chi connectivity index (χ4v) is 3.12. The minimum Gasteiger partial charge on any atom is -0.506 e. The molecule has 0 unspecified atom stereocenters. The molecule has 10 heteroatoms. The molecule has 3 rings (SSSR count). The Balaban J connectivity index is 2.12. The number of aromatic nitrogens is 1. The number of aliphatic carboxylic acids is 1. The van der Waals surface area contributed by atoms with Crippen LogP contribution in [0.25, 0.3) is 0 Å². The summed E-state index contributed by atoms with van der Waals surface area (Å²) >= 11 is 0. The SMILES string of the molecule is N#Cc1ccc(Cn2c3c(c(O)c(C(=O)NCC(=O)O)c2=O)COCC3)c(F)c1. The second-order valence-corrected chi connectivity index (χ2v) is 6.34. The summed E-state index contributed by atoms with van der Waals surface area (Å²) < 4.78 is 20.8. The lowest BCUT2D eigenvalue weighted by Crippen LogP contribution is -2.38. The molecule has 9 nitrogen and oxygen atoms in total. The van der Waals surface area contributed by atoms with E-state index in [1.54, 1.807) is 0 Å². The number of nitrogens with zero attached hydrogens (tertiary/aromatic N) is 2. The van der Waals surface area contributed by atoms with E-state index in [1.807, 2.05) is 11.4 Å². The van der Waals surface area contributed by atoms with Crippen molar-refractivity contribution in [3.8, 4) is 11.8 Å². The maximum absolute atomic E-state index is 14.3. The fraction of sp³-hybridized carbons (Fsp3) is 0.263. The first kappa shape index (κ1) is 20.0. The number of carboxylic acid groups (broad SMARTS) is 1. The molecule has 150 valence electrons. The van der Waals surface area contributed by atoms with Crippen LogP contribution in [-0.4, -0.2) is 39.8 Å². The molecule has 3 N–H and O–H groups in total. The molecular weight excluding hydrogens is 385 g/mol. The first-order chi connectivity index (χ1) is 13.8. The zero-order valence-corrected chi connectivity index (χ0v) is 15.1. The van der Waals surface area contributed by atoms with Crippen LogP contribution in [0.4, 0.5) is 4.39 Å². The second kappa shape index (κ2) is 8.12. The van der Waals surface area contributed by atoms with E-state index in [0.29, 0.717) is 5.69 Å². The molecule has 0 atom stereocenters. The van der Waals surface area contributed by atoms with Gasteiger partial charge < -0.3 is 24.8 Å². The lowest BCUT2D eigenvalue weighted by molar-refractivity contribution is -0.135. The minimum absolute atomic E-state index is 0.0590. The summed E-state index contributed by atoms with van der Waals surface area (Å²) in [7, 11) is 0. The summed E-state index contributed by atoms with van der Waals surface area (Å²) in [6.07, 6.45) is 0.257. The number of amides is 1. The molecule has 1 aliphatic rings. The van der Waals surface area contributed by atoms with Crippen molar-refractivity contribution in [2.45, 2.75) is 19.6 Å². The number of pyridine rings is 1. The van der Waals surface area contributed by atoms with E-state index in [0.717, 1.165) is 10.6 Å². The summed E-state index contributed by atoms with van der Waals surface area (Å²) in [4.78, 5) is 36.0. The highest BCUT2D eigenvalue weighted by molar-refractivity contribution is 5.98. The number of benzene rings is 1. The van der Waals surface area contributed by atoms with Gasteiger partial charge in [0, 0.05) is 23.2 Å². The molecule has 1 aromatic carbocycles. The van der Waals surface area contributed by atoms with E-state index in [9.17, 15) is 23.9 Å². The second-order valence-electron chi connectivity index (χ2n) is 6.34. The van der Waals surface area contributed by atoms with E-state index in [4.69, 9.17) is 15.1 Å². The molecule has 1 aliphatic heterocycles. The summed E-state index contributed by atoms with van der Waals surface area (Å²) in [5.41, 5.74) is -0.669. The number of halogens is 1. The molecule has 1 amide bonds. The average molecular weight is 401 g/mol. The standard InChI is InChI=1S/C19H16FN3O6/c20-13-5-10(6-21)1-2-11(13)8-23-14-3-4-29-9-12(14)17(26)16(19(23)28)18(27)22-7-15(24)25/h1-2,5,26H,3-4,7-9H2,(H,22,27)(H,24,25). The first-order valence-corrected chi connectivity index (χ1v) is 8.57. The summed E-state index contributed by atoms with van der Waals surface area (Å²) in [5.74, 6) is -3.65. The number of carbonyl (C=O) groups excluding carboxylic acids is 1. The van der Waals surface area contributed by atoms with Gasteiger partial charge in [0.05, 0.1) is 31.4 Å². The zero-order chi connectivity index (χ0) is 21.1. The highest BCUT2D eigenvalue weighted by atomic mass is 19.1. The fourth-order valence-electron chi connectivity index (χ4n) is 3.12. The van der Waals surface area contributed by atoms with Crippen LogP contribution in [0.15, 0.2) is 23.0 Å². The van der Waals surface area contributed by atoms with Gasteiger partial charge in [-0.3, -0.25) is 14.4 Å². The third kappa shape index (κ3) is 3.95. The number of fused-ring (bicyclic) bond motifs is 1. The Labute approximate surface area is 163 Å². The summed E-state index contributed by atoms with van der Waals surface area (Å²) in [5, 5.41) is 30.1. The molecule has 0 fully saturated rings. The Hall–Kier alpha value is -3.71. The van der Waals surface area contributed by atoms with Crippen molar-refractivity contribution >= 4 is 11.9 Å². The summed E-state index contributed by atoms with van der Waals surface area (Å²) in [6.45, 7) is -0.767. The number of rotatable bonds is 5. The molecule has 0 aliphatic carbocycles. The van der Waals surface area contributed by atoms with Gasteiger partial charge in [0.25, 0.3) is 11.5 Å². The van der Waals surface area contributed by atoms with Crippen LogP contribution in [0, 0.1) is 17.1 Å². The van der Waals surface area contributed by atoms with Crippen molar-refractivity contribution in [2.24, 2.45) is 0 Å². The van der Waals surface area contributed by atoms with Gasteiger partial charge >= 0.3 is 5.97 Å². The molecule has 0 bridgehead atoms. The van der Waals surface area contributed by atoms with Crippen LogP contribution in [0.1, 0.15) is 32.7 Å². The quantitative estimate of drug-likeness (QED) is 0.662. The van der Waals surface area contributed by atoms with E-state index in [1.165, 1.54) is 12.1 Å². The Morgan fingerprint density at radius 2 is 2.14 bits per heavy atom. The normalized spacial score (nSPS) is 12.7. The Kier molecular flexibility index (Phi) is 5.61. The molecule has 0 saturated carbocycles. The van der Waals surface area contributed by atoms with Crippen LogP contribution in [0.2, 0.25) is 0 Å². The van der Waals surface area contributed by atoms with Gasteiger partial charge in [-0.1, -0.05) is 6.07 Å². The topological polar surface area (TPSA) is 142 Å². The minimum atomic E-state index is -1.32. The van der Waals surface area contributed by atoms with Crippen molar-refractivity contribution in [1.29, 1.82) is 5.26 Å². The molecule has 29 heavy (non-hydrogen) atoms. The van der Waals surface area contributed by atoms with Crippen LogP contribution < -0.4 is 10.9 Å². The molecule has 0 spiro atoms. The number of nitriles is 1. The molecule has 0 radical (unpaired) electrons. The smallest absolute Gasteiger partial charge is 0.322 e.